The number of carbonyl (C=O) groups excluding carboxylic acids is 1. The molecule has 0 fully saturated rings. The van der Waals surface area contributed by atoms with E-state index < -0.39 is 0 Å². The minimum absolute atomic E-state index is 0.0405. The molecule has 1 unspecified atom stereocenters. The first-order valence-corrected chi connectivity index (χ1v) is 9.91. The first-order valence-electron chi connectivity index (χ1n) is 9.91. The molecule has 1 aromatic rings. The highest BCUT2D eigenvalue weighted by Crippen LogP contribution is 2.24. The summed E-state index contributed by atoms with van der Waals surface area (Å²) in [6.07, 6.45) is 11.7. The van der Waals surface area contributed by atoms with E-state index in [9.17, 15) is 4.79 Å². The molecule has 0 saturated carbocycles. The van der Waals surface area contributed by atoms with Gasteiger partial charge in [-0.3, -0.25) is 4.79 Å². The normalized spacial score (nSPS) is 16.3. The molecule has 148 valence electrons. The number of unbranched alkanes of at least 4 members (excludes halogenated alkanes) is 3. The zero-order chi connectivity index (χ0) is 19.5. The maximum atomic E-state index is 11.3. The summed E-state index contributed by atoms with van der Waals surface area (Å²) >= 11 is 0. The average molecular weight is 373 g/mol. The first-order chi connectivity index (χ1) is 13.1. The van der Waals surface area contributed by atoms with Gasteiger partial charge in [-0.15, -0.1) is 0 Å². The van der Waals surface area contributed by atoms with E-state index in [-0.39, 0.29) is 18.0 Å². The van der Waals surface area contributed by atoms with Crippen LogP contribution in [0.25, 0.3) is 5.57 Å². The Bertz CT molecular complexity index is 628. The van der Waals surface area contributed by atoms with Crippen molar-refractivity contribution in [1.82, 2.24) is 0 Å². The van der Waals surface area contributed by atoms with Crippen molar-refractivity contribution in [3.8, 4) is 5.75 Å². The maximum absolute atomic E-state index is 11.3. The molecule has 0 N–H and O–H groups in total. The van der Waals surface area contributed by atoms with Crippen LogP contribution in [0.2, 0.25) is 0 Å². The second kappa shape index (κ2) is 11.6. The van der Waals surface area contributed by atoms with Crippen LogP contribution in [-0.2, 0) is 14.3 Å². The fourth-order valence-corrected chi connectivity index (χ4v) is 2.85. The molecule has 1 aromatic carbocycles. The predicted molar refractivity (Wildman–Crippen MR) is 109 cm³/mol. The summed E-state index contributed by atoms with van der Waals surface area (Å²) in [5.41, 5.74) is 2.43. The Balaban J connectivity index is 1.55. The van der Waals surface area contributed by atoms with Gasteiger partial charge in [-0.25, -0.2) is 0 Å². The van der Waals surface area contributed by atoms with Gasteiger partial charge >= 0.3 is 5.97 Å². The summed E-state index contributed by atoms with van der Waals surface area (Å²) in [7, 11) is 1.68. The van der Waals surface area contributed by atoms with E-state index in [1.54, 1.807) is 7.11 Å². The molecule has 4 heteroatoms. The third kappa shape index (κ3) is 7.59. The number of rotatable bonds is 11. The van der Waals surface area contributed by atoms with Gasteiger partial charge in [-0.2, -0.15) is 0 Å². The van der Waals surface area contributed by atoms with Gasteiger partial charge in [-0.05, 0) is 49.0 Å². The molecule has 0 bridgehead atoms. The average Bonchev–Trinajstić information content (AvgIpc) is 2.70. The lowest BCUT2D eigenvalue weighted by atomic mass is 9.98. The highest BCUT2D eigenvalue weighted by molar-refractivity contribution is 5.75. The number of ether oxygens (including phenoxy) is 3. The standard InChI is InChI=1S/C23H32O4/c1-18(2)23(24)27-17-7-5-4-6-16-26-22-14-10-20(11-15-22)19-8-12-21(25-3)13-9-19/h8-14,18,22H,4-7,15-17H2,1-3H3. The lowest BCUT2D eigenvalue weighted by Crippen LogP contribution is -2.13. The predicted octanol–water partition coefficient (Wildman–Crippen LogP) is 5.18. The Kier molecular flexibility index (Phi) is 9.12. The lowest BCUT2D eigenvalue weighted by molar-refractivity contribution is -0.147. The molecule has 1 atom stereocenters. The third-order valence-corrected chi connectivity index (χ3v) is 4.57. The third-order valence-electron chi connectivity index (χ3n) is 4.57. The Morgan fingerprint density at radius 1 is 1.07 bits per heavy atom. The smallest absolute Gasteiger partial charge is 0.308 e. The Morgan fingerprint density at radius 2 is 1.78 bits per heavy atom. The van der Waals surface area contributed by atoms with Crippen molar-refractivity contribution >= 4 is 11.5 Å². The van der Waals surface area contributed by atoms with E-state index in [0.29, 0.717) is 6.61 Å². The van der Waals surface area contributed by atoms with Crippen LogP contribution < -0.4 is 4.74 Å². The topological polar surface area (TPSA) is 44.8 Å². The van der Waals surface area contributed by atoms with E-state index in [2.05, 4.69) is 30.4 Å². The summed E-state index contributed by atoms with van der Waals surface area (Å²) in [4.78, 5) is 11.3. The molecular formula is C23H32O4. The zero-order valence-corrected chi connectivity index (χ0v) is 16.8. The second-order valence-corrected chi connectivity index (χ2v) is 7.13. The molecule has 1 aliphatic rings. The number of methoxy groups -OCH3 is 1. The minimum atomic E-state index is -0.107. The summed E-state index contributed by atoms with van der Waals surface area (Å²) < 4.78 is 16.3. The molecule has 0 aromatic heterocycles. The monoisotopic (exact) mass is 372 g/mol. The van der Waals surface area contributed by atoms with Crippen LogP contribution in [0.5, 0.6) is 5.75 Å². The van der Waals surface area contributed by atoms with Crippen molar-refractivity contribution in [2.45, 2.75) is 52.1 Å². The number of allylic oxidation sites excluding steroid dienone is 2. The number of esters is 1. The molecule has 2 rings (SSSR count). The largest absolute Gasteiger partial charge is 0.497 e. The molecule has 4 nitrogen and oxygen atoms in total. The van der Waals surface area contributed by atoms with Crippen LogP contribution in [0.15, 0.2) is 42.5 Å². The number of hydrogen-bond acceptors (Lipinski definition) is 4. The summed E-state index contributed by atoms with van der Waals surface area (Å²) in [5, 5.41) is 0. The van der Waals surface area contributed by atoms with Crippen LogP contribution in [0.3, 0.4) is 0 Å². The van der Waals surface area contributed by atoms with Gasteiger partial charge in [0.25, 0.3) is 0 Å². The van der Waals surface area contributed by atoms with Crippen LogP contribution in [0, 0.1) is 5.92 Å². The molecule has 0 spiro atoms. The Labute approximate surface area is 163 Å². The van der Waals surface area contributed by atoms with Gasteiger partial charge in [0.05, 0.1) is 25.7 Å². The Hall–Kier alpha value is -2.07. The quantitative estimate of drug-likeness (QED) is 0.396. The van der Waals surface area contributed by atoms with Gasteiger partial charge < -0.3 is 14.2 Å². The molecule has 0 heterocycles. The van der Waals surface area contributed by atoms with Crippen molar-refractivity contribution in [2.75, 3.05) is 20.3 Å². The van der Waals surface area contributed by atoms with E-state index in [1.165, 1.54) is 11.1 Å². The van der Waals surface area contributed by atoms with E-state index in [4.69, 9.17) is 14.2 Å². The van der Waals surface area contributed by atoms with E-state index in [1.807, 2.05) is 26.0 Å². The number of carbonyl (C=O) groups is 1. The van der Waals surface area contributed by atoms with Crippen molar-refractivity contribution in [3.63, 3.8) is 0 Å². The molecular weight excluding hydrogens is 340 g/mol. The van der Waals surface area contributed by atoms with Crippen LogP contribution in [0.4, 0.5) is 0 Å². The summed E-state index contributed by atoms with van der Waals surface area (Å²) in [5.74, 6) is 0.726. The highest BCUT2D eigenvalue weighted by atomic mass is 16.5. The van der Waals surface area contributed by atoms with Gasteiger partial charge in [0.15, 0.2) is 0 Å². The molecule has 0 amide bonds. The molecule has 0 saturated heterocycles. The Morgan fingerprint density at radius 3 is 2.37 bits per heavy atom. The van der Waals surface area contributed by atoms with Gasteiger partial charge in [0.2, 0.25) is 0 Å². The van der Waals surface area contributed by atoms with E-state index >= 15 is 0 Å². The van der Waals surface area contributed by atoms with Crippen LogP contribution in [-0.4, -0.2) is 32.4 Å². The number of hydrogen-bond donors (Lipinski definition) is 0. The zero-order valence-electron chi connectivity index (χ0n) is 16.8. The van der Waals surface area contributed by atoms with Crippen molar-refractivity contribution in [2.24, 2.45) is 5.92 Å². The van der Waals surface area contributed by atoms with Crippen LogP contribution in [0.1, 0.15) is 51.5 Å². The van der Waals surface area contributed by atoms with Gasteiger partial charge in [0, 0.05) is 6.61 Å². The molecule has 27 heavy (non-hydrogen) atoms. The maximum Gasteiger partial charge on any atom is 0.308 e. The summed E-state index contributed by atoms with van der Waals surface area (Å²) in [6, 6.07) is 8.12. The fourth-order valence-electron chi connectivity index (χ4n) is 2.85. The van der Waals surface area contributed by atoms with Gasteiger partial charge in [-0.1, -0.05) is 50.6 Å². The van der Waals surface area contributed by atoms with Crippen molar-refractivity contribution in [3.05, 3.63) is 48.1 Å². The van der Waals surface area contributed by atoms with Gasteiger partial charge in [0.1, 0.15) is 5.75 Å². The molecule has 1 aliphatic carbocycles. The van der Waals surface area contributed by atoms with E-state index in [0.717, 1.165) is 44.5 Å². The van der Waals surface area contributed by atoms with Crippen LogP contribution >= 0.6 is 0 Å². The van der Waals surface area contributed by atoms with Crippen molar-refractivity contribution in [1.29, 1.82) is 0 Å². The lowest BCUT2D eigenvalue weighted by Gasteiger charge is -2.17. The second-order valence-electron chi connectivity index (χ2n) is 7.13. The molecule has 0 radical (unpaired) electrons. The fraction of sp³-hybridized carbons (Fsp3) is 0.522. The SMILES string of the molecule is COc1ccc(C2=CCC(OCCCCCCOC(=O)C(C)C)C=C2)cc1. The molecule has 0 aliphatic heterocycles. The highest BCUT2D eigenvalue weighted by Gasteiger charge is 2.10. The first kappa shape index (κ1) is 21.2. The van der Waals surface area contributed by atoms with Crippen molar-refractivity contribution < 1.29 is 19.0 Å². The summed E-state index contributed by atoms with van der Waals surface area (Å²) in [6.45, 7) is 5.01. The minimum Gasteiger partial charge on any atom is -0.497 e. The number of benzene rings is 1.